The zero-order valence-electron chi connectivity index (χ0n) is 11.6. The normalized spacial score (nSPS) is 17.3. The molecule has 0 radical (unpaired) electrons. The van der Waals surface area contributed by atoms with Crippen LogP contribution in [0.15, 0.2) is 18.2 Å². The van der Waals surface area contributed by atoms with Gasteiger partial charge in [-0.2, -0.15) is 0 Å². The van der Waals surface area contributed by atoms with E-state index in [0.717, 1.165) is 13.1 Å². The van der Waals surface area contributed by atoms with Crippen molar-refractivity contribution in [3.05, 3.63) is 29.3 Å². The molecule has 3 nitrogen and oxygen atoms in total. The average Bonchev–Trinajstić information content (AvgIpc) is 2.30. The molecule has 0 saturated carbocycles. The van der Waals surface area contributed by atoms with Crippen molar-refractivity contribution in [1.82, 2.24) is 0 Å². The molecular weight excluding hydrogens is 226 g/mol. The number of aliphatic hydroxyl groups is 1. The summed E-state index contributed by atoms with van der Waals surface area (Å²) in [5.74, 6) is 0. The minimum atomic E-state index is -0.0622. The van der Waals surface area contributed by atoms with Crippen LogP contribution in [-0.2, 0) is 4.74 Å². The van der Waals surface area contributed by atoms with Crippen molar-refractivity contribution in [2.45, 2.75) is 20.8 Å². The molecule has 1 aromatic carbocycles. The number of anilines is 1. The lowest BCUT2D eigenvalue weighted by Crippen LogP contribution is -2.53. The molecule has 3 heteroatoms. The minimum absolute atomic E-state index is 0.0622. The van der Waals surface area contributed by atoms with E-state index in [2.05, 4.69) is 43.9 Å². The van der Waals surface area contributed by atoms with Gasteiger partial charge in [0.15, 0.2) is 0 Å². The predicted molar refractivity (Wildman–Crippen MR) is 74.1 cm³/mol. The Bertz CT molecular complexity index is 407. The van der Waals surface area contributed by atoms with E-state index in [-0.39, 0.29) is 12.0 Å². The molecule has 1 aliphatic heterocycles. The van der Waals surface area contributed by atoms with Gasteiger partial charge >= 0.3 is 0 Å². The van der Waals surface area contributed by atoms with Gasteiger partial charge in [0.05, 0.1) is 25.2 Å². The first-order valence-corrected chi connectivity index (χ1v) is 6.61. The molecular formula is C15H23NO2. The molecule has 0 aliphatic carbocycles. The molecule has 18 heavy (non-hydrogen) atoms. The fraction of sp³-hybridized carbons (Fsp3) is 0.600. The topological polar surface area (TPSA) is 32.7 Å². The first kappa shape index (κ1) is 13.4. The summed E-state index contributed by atoms with van der Waals surface area (Å²) in [5.41, 5.74) is 3.79. The van der Waals surface area contributed by atoms with Crippen molar-refractivity contribution >= 4 is 5.69 Å². The van der Waals surface area contributed by atoms with Gasteiger partial charge in [-0.05, 0) is 32.4 Å². The Morgan fingerprint density at radius 3 is 2.50 bits per heavy atom. The predicted octanol–water partition coefficient (Wildman–Crippen LogP) is 2.14. The Morgan fingerprint density at radius 2 is 2.06 bits per heavy atom. The molecule has 1 saturated heterocycles. The zero-order valence-corrected chi connectivity index (χ0v) is 11.6. The highest BCUT2D eigenvalue weighted by Crippen LogP contribution is 2.31. The fourth-order valence-corrected chi connectivity index (χ4v) is 2.56. The van der Waals surface area contributed by atoms with Crippen LogP contribution in [0.25, 0.3) is 0 Å². The van der Waals surface area contributed by atoms with Gasteiger partial charge in [0.25, 0.3) is 0 Å². The summed E-state index contributed by atoms with van der Waals surface area (Å²) in [6.07, 6.45) is 0. The quantitative estimate of drug-likeness (QED) is 0.868. The first-order chi connectivity index (χ1) is 8.60. The monoisotopic (exact) mass is 249 g/mol. The summed E-state index contributed by atoms with van der Waals surface area (Å²) in [6, 6.07) is 6.54. The summed E-state index contributed by atoms with van der Waals surface area (Å²) in [7, 11) is 0. The number of aliphatic hydroxyl groups excluding tert-OH is 1. The highest BCUT2D eigenvalue weighted by molar-refractivity contribution is 5.54. The van der Waals surface area contributed by atoms with E-state index in [4.69, 9.17) is 4.74 Å². The van der Waals surface area contributed by atoms with Crippen LogP contribution in [0.2, 0.25) is 0 Å². The smallest absolute Gasteiger partial charge is 0.0584 e. The van der Waals surface area contributed by atoms with Gasteiger partial charge in [0.2, 0.25) is 0 Å². The minimum Gasteiger partial charge on any atom is -0.396 e. The number of nitrogens with zero attached hydrogens (tertiary/aromatic N) is 1. The Balaban J connectivity index is 2.17. The lowest BCUT2D eigenvalue weighted by molar-refractivity contribution is -0.130. The number of hydrogen-bond donors (Lipinski definition) is 1. The number of ether oxygens (including phenoxy) is 1. The summed E-state index contributed by atoms with van der Waals surface area (Å²) in [4.78, 5) is 2.34. The molecule has 1 fully saturated rings. The van der Waals surface area contributed by atoms with E-state index in [1.807, 2.05) is 0 Å². The number of rotatable bonds is 5. The second-order valence-electron chi connectivity index (χ2n) is 5.46. The second-order valence-corrected chi connectivity index (χ2v) is 5.46. The fourth-order valence-electron chi connectivity index (χ4n) is 2.56. The van der Waals surface area contributed by atoms with Crippen LogP contribution in [-0.4, -0.2) is 38.0 Å². The van der Waals surface area contributed by atoms with Crippen molar-refractivity contribution in [3.63, 3.8) is 0 Å². The van der Waals surface area contributed by atoms with E-state index < -0.39 is 0 Å². The number of aryl methyl sites for hydroxylation is 2. The van der Waals surface area contributed by atoms with Crippen LogP contribution in [0.3, 0.4) is 0 Å². The molecule has 1 heterocycles. The van der Waals surface area contributed by atoms with Gasteiger partial charge in [-0.15, -0.1) is 0 Å². The molecule has 0 spiro atoms. The van der Waals surface area contributed by atoms with E-state index in [1.54, 1.807) is 0 Å². The molecule has 0 amide bonds. The van der Waals surface area contributed by atoms with Crippen LogP contribution in [0.1, 0.15) is 18.1 Å². The van der Waals surface area contributed by atoms with Gasteiger partial charge in [0.1, 0.15) is 0 Å². The maximum atomic E-state index is 9.53. The third-order valence-electron chi connectivity index (χ3n) is 3.75. The molecule has 1 aliphatic rings. The molecule has 2 rings (SSSR count). The Kier molecular flexibility index (Phi) is 3.93. The van der Waals surface area contributed by atoms with Gasteiger partial charge in [0, 0.05) is 18.8 Å². The van der Waals surface area contributed by atoms with Gasteiger partial charge in [-0.3, -0.25) is 0 Å². The van der Waals surface area contributed by atoms with E-state index in [1.165, 1.54) is 16.8 Å². The van der Waals surface area contributed by atoms with Crippen LogP contribution < -0.4 is 4.90 Å². The molecule has 1 N–H and O–H groups in total. The van der Waals surface area contributed by atoms with Crippen LogP contribution in [0.4, 0.5) is 5.69 Å². The molecule has 0 atom stereocenters. The zero-order chi connectivity index (χ0) is 13.2. The third-order valence-corrected chi connectivity index (χ3v) is 3.75. The Hall–Kier alpha value is -1.06. The molecule has 0 aromatic heterocycles. The van der Waals surface area contributed by atoms with Crippen molar-refractivity contribution in [2.75, 3.05) is 37.8 Å². The summed E-state index contributed by atoms with van der Waals surface area (Å²) in [6.45, 7) is 9.78. The van der Waals surface area contributed by atoms with Crippen LogP contribution in [0, 0.1) is 19.3 Å². The third kappa shape index (κ3) is 2.52. The molecule has 1 aromatic rings. The highest BCUT2D eigenvalue weighted by Gasteiger charge is 2.39. The lowest BCUT2D eigenvalue weighted by Gasteiger charge is -2.44. The van der Waals surface area contributed by atoms with E-state index in [0.29, 0.717) is 13.2 Å². The van der Waals surface area contributed by atoms with Gasteiger partial charge in [-0.25, -0.2) is 0 Å². The number of benzene rings is 1. The first-order valence-electron chi connectivity index (χ1n) is 6.61. The van der Waals surface area contributed by atoms with E-state index >= 15 is 0 Å². The van der Waals surface area contributed by atoms with Crippen molar-refractivity contribution < 1.29 is 9.84 Å². The van der Waals surface area contributed by atoms with Crippen LogP contribution in [0.5, 0.6) is 0 Å². The molecule has 100 valence electrons. The molecule has 0 bridgehead atoms. The Labute approximate surface area is 109 Å². The lowest BCUT2D eigenvalue weighted by atomic mass is 9.86. The Morgan fingerprint density at radius 1 is 1.33 bits per heavy atom. The van der Waals surface area contributed by atoms with Crippen molar-refractivity contribution in [2.24, 2.45) is 5.41 Å². The standard InChI is InChI=1S/C15H23NO2/c1-4-16(8-15(9-17)10-18-11-15)14-6-5-12(2)7-13(14)3/h5-7,17H,4,8-11H2,1-3H3. The average molecular weight is 249 g/mol. The van der Waals surface area contributed by atoms with Crippen molar-refractivity contribution in [3.8, 4) is 0 Å². The second kappa shape index (κ2) is 5.29. The number of hydrogen-bond acceptors (Lipinski definition) is 3. The van der Waals surface area contributed by atoms with Gasteiger partial charge < -0.3 is 14.7 Å². The summed E-state index contributed by atoms with van der Waals surface area (Å²) >= 11 is 0. The maximum Gasteiger partial charge on any atom is 0.0584 e. The van der Waals surface area contributed by atoms with E-state index in [9.17, 15) is 5.11 Å². The van der Waals surface area contributed by atoms with Crippen LogP contribution >= 0.6 is 0 Å². The summed E-state index contributed by atoms with van der Waals surface area (Å²) in [5, 5.41) is 9.53. The summed E-state index contributed by atoms with van der Waals surface area (Å²) < 4.78 is 5.27. The van der Waals surface area contributed by atoms with Crippen molar-refractivity contribution in [1.29, 1.82) is 0 Å². The largest absolute Gasteiger partial charge is 0.396 e. The SMILES string of the molecule is CCN(CC1(CO)COC1)c1ccc(C)cc1C. The molecule has 0 unspecified atom stereocenters. The maximum absolute atomic E-state index is 9.53. The highest BCUT2D eigenvalue weighted by atomic mass is 16.5. The van der Waals surface area contributed by atoms with Gasteiger partial charge in [-0.1, -0.05) is 17.7 Å².